The predicted molar refractivity (Wildman–Crippen MR) is 85.8 cm³/mol. The number of hydrogen-bond acceptors (Lipinski definition) is 3. The summed E-state index contributed by atoms with van der Waals surface area (Å²) in [5.74, 6) is 2.03. The minimum absolute atomic E-state index is 0.188. The molecule has 22 heavy (non-hydrogen) atoms. The molecule has 0 radical (unpaired) electrons. The fraction of sp³-hybridized carbons (Fsp3) is 0.375. The Bertz CT molecular complexity index is 579. The molecule has 118 valence electrons. The number of aromatic nitrogens is 2. The Kier molecular flexibility index (Phi) is 5.41. The summed E-state index contributed by atoms with van der Waals surface area (Å²) in [4.78, 5) is 20.7. The third kappa shape index (κ3) is 4.80. The van der Waals surface area contributed by atoms with Gasteiger partial charge in [0.15, 0.2) is 0 Å². The molecular weight excluding hydrogens is 280 g/mol. The van der Waals surface area contributed by atoms with Gasteiger partial charge in [0, 0.05) is 25.1 Å². The zero-order valence-corrected chi connectivity index (χ0v) is 13.2. The number of imidazole rings is 1. The van der Waals surface area contributed by atoms with Crippen LogP contribution in [0.5, 0.6) is 5.75 Å². The van der Waals surface area contributed by atoms with E-state index in [0.717, 1.165) is 17.3 Å². The van der Waals surface area contributed by atoms with Gasteiger partial charge in [-0.05, 0) is 30.2 Å². The van der Waals surface area contributed by atoms with Gasteiger partial charge in [-0.1, -0.05) is 13.8 Å². The first-order chi connectivity index (χ1) is 10.5. The first-order valence-corrected chi connectivity index (χ1v) is 7.28. The van der Waals surface area contributed by atoms with Gasteiger partial charge in [0.2, 0.25) is 0 Å². The zero-order chi connectivity index (χ0) is 15.9. The molecule has 2 aromatic rings. The van der Waals surface area contributed by atoms with Crippen molar-refractivity contribution in [2.24, 2.45) is 5.92 Å². The number of nitrogens with one attached hydrogen (secondary N) is 2. The lowest BCUT2D eigenvalue weighted by Crippen LogP contribution is -2.31. The van der Waals surface area contributed by atoms with Crippen molar-refractivity contribution in [3.8, 4) is 5.75 Å². The van der Waals surface area contributed by atoms with Crippen molar-refractivity contribution in [3.63, 3.8) is 0 Å². The summed E-state index contributed by atoms with van der Waals surface area (Å²) in [6.45, 7) is 5.30. The third-order valence-corrected chi connectivity index (χ3v) is 2.98. The van der Waals surface area contributed by atoms with Crippen LogP contribution in [0.15, 0.2) is 36.7 Å². The molecule has 0 aliphatic rings. The maximum atomic E-state index is 12.1. The van der Waals surface area contributed by atoms with Gasteiger partial charge in [0.05, 0.1) is 13.2 Å². The second-order valence-electron chi connectivity index (χ2n) is 5.55. The average molecular weight is 302 g/mol. The molecular formula is C16H22N4O2. The molecule has 0 saturated carbocycles. The number of carbonyl (C=O) groups is 1. The summed E-state index contributed by atoms with van der Waals surface area (Å²) in [5, 5.41) is 2.84. The van der Waals surface area contributed by atoms with Crippen LogP contribution in [-0.2, 0) is 6.54 Å². The lowest BCUT2D eigenvalue weighted by molar-refractivity contribution is 0.219. The van der Waals surface area contributed by atoms with E-state index in [0.29, 0.717) is 19.1 Å². The van der Waals surface area contributed by atoms with Gasteiger partial charge in [-0.2, -0.15) is 0 Å². The van der Waals surface area contributed by atoms with E-state index in [9.17, 15) is 4.79 Å². The summed E-state index contributed by atoms with van der Waals surface area (Å²) in [6.07, 6.45) is 3.40. The summed E-state index contributed by atoms with van der Waals surface area (Å²) < 4.78 is 5.61. The minimum Gasteiger partial charge on any atom is -0.493 e. The molecule has 0 aliphatic carbocycles. The number of benzene rings is 1. The Labute approximate surface area is 130 Å². The molecule has 6 nitrogen and oxygen atoms in total. The van der Waals surface area contributed by atoms with Gasteiger partial charge < -0.3 is 19.9 Å². The molecule has 1 aromatic carbocycles. The standard InChI is InChI=1S/C16H22N4O2/c1-12(2)11-22-14-6-4-13(5-7-14)19-16(21)20(3)10-15-17-8-9-18-15/h4-9,12H,10-11H2,1-3H3,(H,17,18)(H,19,21). The Balaban J connectivity index is 1.85. The normalized spacial score (nSPS) is 10.5. The molecule has 2 rings (SSSR count). The van der Waals surface area contributed by atoms with E-state index in [1.54, 1.807) is 24.3 Å². The molecule has 0 aliphatic heterocycles. The van der Waals surface area contributed by atoms with Crippen molar-refractivity contribution in [2.45, 2.75) is 20.4 Å². The van der Waals surface area contributed by atoms with Crippen molar-refractivity contribution in [3.05, 3.63) is 42.5 Å². The number of urea groups is 1. The van der Waals surface area contributed by atoms with Crippen LogP contribution in [0.2, 0.25) is 0 Å². The molecule has 0 bridgehead atoms. The first kappa shape index (κ1) is 15.9. The molecule has 1 heterocycles. The maximum Gasteiger partial charge on any atom is 0.321 e. The maximum absolute atomic E-state index is 12.1. The third-order valence-electron chi connectivity index (χ3n) is 2.98. The molecule has 0 atom stereocenters. The number of carbonyl (C=O) groups excluding carboxylic acids is 1. The molecule has 6 heteroatoms. The van der Waals surface area contributed by atoms with Crippen LogP contribution in [0.25, 0.3) is 0 Å². The number of rotatable bonds is 6. The van der Waals surface area contributed by atoms with Crippen LogP contribution >= 0.6 is 0 Å². The average Bonchev–Trinajstić information content (AvgIpc) is 2.99. The predicted octanol–water partition coefficient (Wildman–Crippen LogP) is 3.11. The number of aromatic amines is 1. The van der Waals surface area contributed by atoms with Gasteiger partial charge in [-0.3, -0.25) is 0 Å². The van der Waals surface area contributed by atoms with Crippen molar-refractivity contribution in [1.82, 2.24) is 14.9 Å². The first-order valence-electron chi connectivity index (χ1n) is 7.28. The highest BCUT2D eigenvalue weighted by molar-refractivity contribution is 5.89. The smallest absolute Gasteiger partial charge is 0.321 e. The number of H-pyrrole nitrogens is 1. The lowest BCUT2D eigenvalue weighted by Gasteiger charge is -2.17. The molecule has 0 spiro atoms. The van der Waals surface area contributed by atoms with Crippen molar-refractivity contribution >= 4 is 11.7 Å². The number of hydrogen-bond donors (Lipinski definition) is 2. The van der Waals surface area contributed by atoms with Gasteiger partial charge in [-0.15, -0.1) is 0 Å². The van der Waals surface area contributed by atoms with Crippen molar-refractivity contribution in [1.29, 1.82) is 0 Å². The van der Waals surface area contributed by atoms with Gasteiger partial charge in [0.25, 0.3) is 0 Å². The SMILES string of the molecule is CC(C)COc1ccc(NC(=O)N(C)Cc2ncc[nH]2)cc1. The Morgan fingerprint density at radius 1 is 1.36 bits per heavy atom. The summed E-state index contributed by atoms with van der Waals surface area (Å²) >= 11 is 0. The van der Waals surface area contributed by atoms with Crippen LogP contribution in [0.4, 0.5) is 10.5 Å². The topological polar surface area (TPSA) is 70.2 Å². The van der Waals surface area contributed by atoms with Crippen LogP contribution in [0.1, 0.15) is 19.7 Å². The number of nitrogens with zero attached hydrogens (tertiary/aromatic N) is 2. The van der Waals surface area contributed by atoms with Crippen molar-refractivity contribution in [2.75, 3.05) is 19.0 Å². The highest BCUT2D eigenvalue weighted by Crippen LogP contribution is 2.16. The van der Waals surface area contributed by atoms with E-state index < -0.39 is 0 Å². The van der Waals surface area contributed by atoms with E-state index in [1.165, 1.54) is 0 Å². The zero-order valence-electron chi connectivity index (χ0n) is 13.2. The quantitative estimate of drug-likeness (QED) is 0.861. The number of amides is 2. The van der Waals surface area contributed by atoms with E-state index in [1.807, 2.05) is 24.3 Å². The molecule has 2 N–H and O–H groups in total. The van der Waals surface area contributed by atoms with Crippen LogP contribution in [0.3, 0.4) is 0 Å². The van der Waals surface area contributed by atoms with Gasteiger partial charge >= 0.3 is 6.03 Å². The number of anilines is 1. The van der Waals surface area contributed by atoms with E-state index in [4.69, 9.17) is 4.74 Å². The van der Waals surface area contributed by atoms with E-state index in [-0.39, 0.29) is 6.03 Å². The largest absolute Gasteiger partial charge is 0.493 e. The fourth-order valence-electron chi connectivity index (χ4n) is 1.80. The lowest BCUT2D eigenvalue weighted by atomic mass is 10.2. The number of ether oxygens (including phenoxy) is 1. The summed E-state index contributed by atoms with van der Waals surface area (Å²) in [6, 6.07) is 7.17. The monoisotopic (exact) mass is 302 g/mol. The van der Waals surface area contributed by atoms with Crippen LogP contribution in [0, 0.1) is 5.92 Å². The fourth-order valence-corrected chi connectivity index (χ4v) is 1.80. The summed E-state index contributed by atoms with van der Waals surface area (Å²) in [5.41, 5.74) is 0.730. The molecule has 0 fully saturated rings. The van der Waals surface area contributed by atoms with E-state index >= 15 is 0 Å². The Morgan fingerprint density at radius 3 is 2.68 bits per heavy atom. The summed E-state index contributed by atoms with van der Waals surface area (Å²) in [7, 11) is 1.72. The highest BCUT2D eigenvalue weighted by atomic mass is 16.5. The second-order valence-corrected chi connectivity index (χ2v) is 5.55. The van der Waals surface area contributed by atoms with E-state index in [2.05, 4.69) is 29.1 Å². The van der Waals surface area contributed by atoms with Crippen molar-refractivity contribution < 1.29 is 9.53 Å². The molecule has 0 saturated heterocycles. The second kappa shape index (κ2) is 7.49. The van der Waals surface area contributed by atoms with Gasteiger partial charge in [-0.25, -0.2) is 9.78 Å². The highest BCUT2D eigenvalue weighted by Gasteiger charge is 2.10. The molecule has 0 unspecified atom stereocenters. The Hall–Kier alpha value is -2.50. The van der Waals surface area contributed by atoms with Crippen LogP contribution < -0.4 is 10.1 Å². The van der Waals surface area contributed by atoms with Crippen LogP contribution in [-0.4, -0.2) is 34.6 Å². The Morgan fingerprint density at radius 2 is 2.09 bits per heavy atom. The minimum atomic E-state index is -0.188. The van der Waals surface area contributed by atoms with Gasteiger partial charge in [0.1, 0.15) is 11.6 Å². The molecule has 1 aromatic heterocycles. The molecule has 2 amide bonds.